The molecule has 0 heterocycles. The van der Waals surface area contributed by atoms with Crippen LogP contribution >= 0.6 is 11.6 Å². The van der Waals surface area contributed by atoms with Crippen LogP contribution in [-0.2, 0) is 4.79 Å². The van der Waals surface area contributed by atoms with E-state index in [0.717, 1.165) is 18.2 Å². The summed E-state index contributed by atoms with van der Waals surface area (Å²) in [5.74, 6) is -2.32. The van der Waals surface area contributed by atoms with Crippen LogP contribution < -0.4 is 10.6 Å². The monoisotopic (exact) mass is 484 g/mol. The molecular weight excluding hydrogens is 471 g/mol. The van der Waals surface area contributed by atoms with E-state index in [1.165, 1.54) is 54.6 Å². The van der Waals surface area contributed by atoms with Gasteiger partial charge in [0.1, 0.15) is 11.5 Å². The highest BCUT2D eigenvalue weighted by atomic mass is 35.5. The van der Waals surface area contributed by atoms with Crippen LogP contribution in [0.2, 0.25) is 5.02 Å². The largest absolute Gasteiger partial charge is 0.321 e. The highest BCUT2D eigenvalue weighted by Gasteiger charge is 2.18. The van der Waals surface area contributed by atoms with Crippen molar-refractivity contribution in [2.45, 2.75) is 0 Å². The molecule has 0 saturated heterocycles. The Labute approximate surface area is 196 Å². The summed E-state index contributed by atoms with van der Waals surface area (Å²) < 4.78 is 13.3. The molecule has 2 amide bonds. The summed E-state index contributed by atoms with van der Waals surface area (Å²) in [6, 6.07) is 13.3. The number of hydrogen-bond donors (Lipinski definition) is 2. The van der Waals surface area contributed by atoms with E-state index in [1.807, 2.05) is 0 Å². The number of nitro groups is 2. The van der Waals surface area contributed by atoms with Crippen molar-refractivity contribution in [2.24, 2.45) is 0 Å². The van der Waals surface area contributed by atoms with Crippen molar-refractivity contribution >= 4 is 46.6 Å². The fourth-order valence-electron chi connectivity index (χ4n) is 2.78. The number of carbonyl (C=O) groups is 2. The van der Waals surface area contributed by atoms with E-state index in [9.17, 15) is 34.2 Å². The molecule has 34 heavy (non-hydrogen) atoms. The van der Waals surface area contributed by atoms with E-state index in [0.29, 0.717) is 0 Å². The number of nitrogens with one attached hydrogen (secondary N) is 2. The molecule has 172 valence electrons. The SMILES string of the molecule is O=C(Nc1ccc([N+](=O)[O-])cc1)/C(=C/c1cccc([N+](=O)[O-])c1)NC(=O)c1ccc(F)cc1Cl. The standard InChI is InChI=1S/C22H14ClFN4O6/c23-19-12-14(24)4-9-18(19)21(29)26-20(11-13-2-1-3-17(10-13)28(33)34)22(30)25-15-5-7-16(8-6-15)27(31)32/h1-12H,(H,25,30)(H,26,29)/b20-11-. The molecule has 3 rings (SSSR count). The second-order valence-corrected chi connectivity index (χ2v) is 7.15. The van der Waals surface area contributed by atoms with E-state index in [4.69, 9.17) is 11.6 Å². The summed E-state index contributed by atoms with van der Waals surface area (Å²) in [4.78, 5) is 46.3. The van der Waals surface area contributed by atoms with Gasteiger partial charge in [-0.05, 0) is 42.0 Å². The second kappa shape index (κ2) is 10.3. The quantitative estimate of drug-likeness (QED) is 0.282. The predicted molar refractivity (Wildman–Crippen MR) is 122 cm³/mol. The molecule has 0 aliphatic rings. The van der Waals surface area contributed by atoms with Gasteiger partial charge in [-0.1, -0.05) is 23.7 Å². The van der Waals surface area contributed by atoms with Gasteiger partial charge in [0.2, 0.25) is 0 Å². The summed E-state index contributed by atoms with van der Waals surface area (Å²) in [6.45, 7) is 0. The van der Waals surface area contributed by atoms with Gasteiger partial charge >= 0.3 is 0 Å². The van der Waals surface area contributed by atoms with Crippen molar-refractivity contribution in [2.75, 3.05) is 5.32 Å². The van der Waals surface area contributed by atoms with Gasteiger partial charge in [0.25, 0.3) is 23.2 Å². The first-order valence-corrected chi connectivity index (χ1v) is 9.80. The summed E-state index contributed by atoms with van der Waals surface area (Å²) in [5, 5.41) is 26.5. The van der Waals surface area contributed by atoms with Crippen LogP contribution in [0.1, 0.15) is 15.9 Å². The Balaban J connectivity index is 1.94. The molecule has 0 saturated carbocycles. The zero-order valence-corrected chi connectivity index (χ0v) is 17.8. The zero-order valence-electron chi connectivity index (χ0n) is 17.0. The third-order valence-electron chi connectivity index (χ3n) is 4.40. The Morgan fingerprint density at radius 3 is 2.21 bits per heavy atom. The van der Waals surface area contributed by atoms with Crippen molar-refractivity contribution in [1.29, 1.82) is 0 Å². The maximum absolute atomic E-state index is 13.3. The Kier molecular flexibility index (Phi) is 7.29. The number of non-ortho nitro benzene ring substituents is 2. The van der Waals surface area contributed by atoms with Gasteiger partial charge in [-0.15, -0.1) is 0 Å². The van der Waals surface area contributed by atoms with E-state index < -0.39 is 27.5 Å². The zero-order chi connectivity index (χ0) is 24.8. The molecule has 0 aliphatic carbocycles. The number of nitro benzene ring substituents is 2. The number of benzene rings is 3. The van der Waals surface area contributed by atoms with Gasteiger partial charge in [0.05, 0.1) is 20.4 Å². The average Bonchev–Trinajstić information content (AvgIpc) is 2.79. The predicted octanol–water partition coefficient (Wildman–Crippen LogP) is 4.71. The average molecular weight is 485 g/mol. The number of hydrogen-bond acceptors (Lipinski definition) is 6. The Bertz CT molecular complexity index is 1330. The number of amides is 2. The summed E-state index contributed by atoms with van der Waals surface area (Å²) >= 11 is 5.92. The molecule has 0 bridgehead atoms. The van der Waals surface area contributed by atoms with Crippen LogP contribution in [0, 0.1) is 26.0 Å². The molecule has 0 aromatic heterocycles. The smallest absolute Gasteiger partial charge is 0.272 e. The highest BCUT2D eigenvalue weighted by Crippen LogP contribution is 2.20. The first kappa shape index (κ1) is 24.0. The van der Waals surface area contributed by atoms with Gasteiger partial charge in [-0.25, -0.2) is 4.39 Å². The Morgan fingerprint density at radius 2 is 1.59 bits per heavy atom. The van der Waals surface area contributed by atoms with Crippen molar-refractivity contribution in [1.82, 2.24) is 5.32 Å². The molecule has 2 N–H and O–H groups in total. The molecule has 10 nitrogen and oxygen atoms in total. The van der Waals surface area contributed by atoms with E-state index in [2.05, 4.69) is 10.6 Å². The number of anilines is 1. The van der Waals surface area contributed by atoms with Gasteiger partial charge in [0.15, 0.2) is 0 Å². The van der Waals surface area contributed by atoms with E-state index in [-0.39, 0.29) is 38.9 Å². The molecule has 0 fully saturated rings. The Hall–Kier alpha value is -4.64. The summed E-state index contributed by atoms with van der Waals surface area (Å²) in [5.41, 5.74) is -0.440. The van der Waals surface area contributed by atoms with Crippen molar-refractivity contribution in [3.05, 3.63) is 115 Å². The maximum atomic E-state index is 13.3. The summed E-state index contributed by atoms with van der Waals surface area (Å²) in [6.07, 6.45) is 1.20. The molecule has 0 radical (unpaired) electrons. The van der Waals surface area contributed by atoms with Crippen LogP contribution in [0.15, 0.2) is 72.4 Å². The second-order valence-electron chi connectivity index (χ2n) is 6.75. The molecule has 0 spiro atoms. The van der Waals surface area contributed by atoms with Crippen LogP contribution in [0.25, 0.3) is 6.08 Å². The fraction of sp³-hybridized carbons (Fsp3) is 0. The van der Waals surface area contributed by atoms with E-state index in [1.54, 1.807) is 0 Å². The van der Waals surface area contributed by atoms with Crippen LogP contribution in [0.4, 0.5) is 21.5 Å². The lowest BCUT2D eigenvalue weighted by atomic mass is 10.1. The minimum Gasteiger partial charge on any atom is -0.321 e. The molecule has 12 heteroatoms. The molecular formula is C22H14ClFN4O6. The van der Waals surface area contributed by atoms with Crippen molar-refractivity contribution in [3.63, 3.8) is 0 Å². The molecule has 0 atom stereocenters. The minimum atomic E-state index is -0.833. The number of carbonyl (C=O) groups excluding carboxylic acids is 2. The van der Waals surface area contributed by atoms with Crippen LogP contribution in [-0.4, -0.2) is 21.7 Å². The molecule has 0 unspecified atom stereocenters. The van der Waals surface area contributed by atoms with Gasteiger partial charge in [0, 0.05) is 30.0 Å². The normalized spacial score (nSPS) is 10.9. The fourth-order valence-corrected chi connectivity index (χ4v) is 3.03. The summed E-state index contributed by atoms with van der Waals surface area (Å²) in [7, 11) is 0. The molecule has 0 aliphatic heterocycles. The van der Waals surface area contributed by atoms with Crippen LogP contribution in [0.3, 0.4) is 0 Å². The van der Waals surface area contributed by atoms with E-state index >= 15 is 0 Å². The minimum absolute atomic E-state index is 0.115. The first-order valence-electron chi connectivity index (χ1n) is 9.42. The third-order valence-corrected chi connectivity index (χ3v) is 4.71. The van der Waals surface area contributed by atoms with Crippen LogP contribution in [0.5, 0.6) is 0 Å². The lowest BCUT2D eigenvalue weighted by Gasteiger charge is -2.12. The first-order chi connectivity index (χ1) is 16.1. The number of rotatable bonds is 7. The van der Waals surface area contributed by atoms with Gasteiger partial charge < -0.3 is 10.6 Å². The lowest BCUT2D eigenvalue weighted by molar-refractivity contribution is -0.385. The molecule has 3 aromatic rings. The topological polar surface area (TPSA) is 144 Å². The number of nitrogens with zero attached hydrogens (tertiary/aromatic N) is 2. The Morgan fingerprint density at radius 1 is 0.912 bits per heavy atom. The van der Waals surface area contributed by atoms with Crippen molar-refractivity contribution < 1.29 is 23.8 Å². The third kappa shape index (κ3) is 5.99. The number of halogens is 2. The maximum Gasteiger partial charge on any atom is 0.272 e. The lowest BCUT2D eigenvalue weighted by Crippen LogP contribution is -2.31. The van der Waals surface area contributed by atoms with Crippen molar-refractivity contribution in [3.8, 4) is 0 Å². The molecule has 3 aromatic carbocycles. The van der Waals surface area contributed by atoms with Gasteiger partial charge in [-0.2, -0.15) is 0 Å². The van der Waals surface area contributed by atoms with Gasteiger partial charge in [-0.3, -0.25) is 29.8 Å². The highest BCUT2D eigenvalue weighted by molar-refractivity contribution is 6.34.